The summed E-state index contributed by atoms with van der Waals surface area (Å²) in [5, 5.41) is 0. The molecule has 0 N–H and O–H groups in total. The maximum Gasteiger partial charge on any atom is 0.0406 e. The molecule has 0 unspecified atom stereocenters. The van der Waals surface area contributed by atoms with Crippen LogP contribution < -0.4 is 0 Å². The van der Waals surface area contributed by atoms with Gasteiger partial charge in [0.1, 0.15) is 0 Å². The van der Waals surface area contributed by atoms with E-state index in [2.05, 4.69) is 48.1 Å². The van der Waals surface area contributed by atoms with Gasteiger partial charge in [-0.15, -0.1) is 0 Å². The van der Waals surface area contributed by atoms with E-state index >= 15 is 0 Å². The Labute approximate surface area is 115 Å². The maximum absolute atomic E-state index is 4.41. The van der Waals surface area contributed by atoms with Gasteiger partial charge in [0.25, 0.3) is 0 Å². The number of hydrogen-bond donors (Lipinski definition) is 0. The first kappa shape index (κ1) is 13.7. The molecule has 0 saturated carbocycles. The van der Waals surface area contributed by atoms with Gasteiger partial charge in [0.05, 0.1) is 0 Å². The van der Waals surface area contributed by atoms with Crippen LogP contribution in [0, 0.1) is 0 Å². The van der Waals surface area contributed by atoms with Gasteiger partial charge in [-0.3, -0.25) is 9.97 Å². The van der Waals surface area contributed by atoms with Crippen LogP contribution >= 0.6 is 0 Å². The van der Waals surface area contributed by atoms with Crippen molar-refractivity contribution in [2.24, 2.45) is 0 Å². The molecular formula is C17H22N2. The van der Waals surface area contributed by atoms with Crippen molar-refractivity contribution in [2.75, 3.05) is 0 Å². The molecule has 2 aromatic rings. The second-order valence-electron chi connectivity index (χ2n) is 4.99. The Morgan fingerprint density at radius 3 is 1.68 bits per heavy atom. The van der Waals surface area contributed by atoms with Crippen LogP contribution in [0.2, 0.25) is 0 Å². The van der Waals surface area contributed by atoms with Gasteiger partial charge >= 0.3 is 0 Å². The van der Waals surface area contributed by atoms with Crippen LogP contribution in [-0.2, 0) is 19.3 Å². The molecule has 0 saturated heterocycles. The Balaban J connectivity index is 2.11. The smallest absolute Gasteiger partial charge is 0.0406 e. The summed E-state index contributed by atoms with van der Waals surface area (Å²) >= 11 is 0. The molecule has 0 aromatic carbocycles. The fourth-order valence-corrected chi connectivity index (χ4v) is 2.30. The van der Waals surface area contributed by atoms with Crippen molar-refractivity contribution in [3.8, 4) is 0 Å². The van der Waals surface area contributed by atoms with Gasteiger partial charge in [-0.05, 0) is 54.7 Å². The van der Waals surface area contributed by atoms with Crippen LogP contribution in [0.5, 0.6) is 0 Å². The Bertz CT molecular complexity index is 473. The molecule has 0 bridgehead atoms. The van der Waals surface area contributed by atoms with Gasteiger partial charge in [-0.1, -0.05) is 26.7 Å². The standard InChI is InChI=1S/C17H22N2/c1-3-5-16-12-14(7-9-18-16)11-15-8-10-19-17(13-15)6-4-2/h7-10,12-13H,3-6,11H2,1-2H3. The predicted octanol–water partition coefficient (Wildman–Crippen LogP) is 3.97. The van der Waals surface area contributed by atoms with Gasteiger partial charge in [0, 0.05) is 23.8 Å². The largest absolute Gasteiger partial charge is 0.261 e. The molecule has 0 aliphatic heterocycles. The second-order valence-corrected chi connectivity index (χ2v) is 4.99. The molecular weight excluding hydrogens is 232 g/mol. The van der Waals surface area contributed by atoms with E-state index in [4.69, 9.17) is 0 Å². The van der Waals surface area contributed by atoms with Crippen molar-refractivity contribution in [1.29, 1.82) is 0 Å². The highest BCUT2D eigenvalue weighted by atomic mass is 14.7. The second kappa shape index (κ2) is 7.03. The highest BCUT2D eigenvalue weighted by Gasteiger charge is 2.01. The number of hydrogen-bond acceptors (Lipinski definition) is 2. The van der Waals surface area contributed by atoms with Crippen LogP contribution in [-0.4, -0.2) is 9.97 Å². The normalized spacial score (nSPS) is 10.6. The lowest BCUT2D eigenvalue weighted by Gasteiger charge is -2.06. The lowest BCUT2D eigenvalue weighted by Crippen LogP contribution is -1.96. The van der Waals surface area contributed by atoms with Crippen LogP contribution in [0.15, 0.2) is 36.7 Å². The SMILES string of the molecule is CCCc1cc(Cc2ccnc(CCC)c2)ccn1. The molecule has 2 aromatic heterocycles. The molecule has 0 spiro atoms. The zero-order chi connectivity index (χ0) is 13.5. The summed E-state index contributed by atoms with van der Waals surface area (Å²) < 4.78 is 0. The molecule has 2 heteroatoms. The van der Waals surface area contributed by atoms with E-state index in [1.807, 2.05) is 12.4 Å². The highest BCUT2D eigenvalue weighted by molar-refractivity contribution is 5.26. The number of aromatic nitrogens is 2. The highest BCUT2D eigenvalue weighted by Crippen LogP contribution is 2.12. The zero-order valence-corrected chi connectivity index (χ0v) is 11.9. The molecule has 19 heavy (non-hydrogen) atoms. The lowest BCUT2D eigenvalue weighted by molar-refractivity contribution is 0.872. The average Bonchev–Trinajstić information content (AvgIpc) is 2.40. The van der Waals surface area contributed by atoms with Crippen molar-refractivity contribution in [2.45, 2.75) is 46.0 Å². The summed E-state index contributed by atoms with van der Waals surface area (Å²) in [7, 11) is 0. The fourth-order valence-electron chi connectivity index (χ4n) is 2.30. The van der Waals surface area contributed by atoms with Crippen LogP contribution in [0.25, 0.3) is 0 Å². The molecule has 0 amide bonds. The maximum atomic E-state index is 4.41. The molecule has 0 atom stereocenters. The molecule has 2 rings (SSSR count). The van der Waals surface area contributed by atoms with E-state index in [1.165, 1.54) is 22.5 Å². The first-order valence-electron chi connectivity index (χ1n) is 7.19. The summed E-state index contributed by atoms with van der Waals surface area (Å²) in [5.74, 6) is 0. The van der Waals surface area contributed by atoms with Gasteiger partial charge in [0.2, 0.25) is 0 Å². The van der Waals surface area contributed by atoms with Crippen LogP contribution in [0.1, 0.15) is 49.2 Å². The summed E-state index contributed by atoms with van der Waals surface area (Å²) in [6.07, 6.45) is 9.23. The molecule has 2 heterocycles. The third-order valence-electron chi connectivity index (χ3n) is 3.18. The minimum Gasteiger partial charge on any atom is -0.261 e. The summed E-state index contributed by atoms with van der Waals surface area (Å²) in [6.45, 7) is 4.38. The zero-order valence-electron chi connectivity index (χ0n) is 11.9. The molecule has 100 valence electrons. The van der Waals surface area contributed by atoms with Crippen molar-refractivity contribution in [3.05, 3.63) is 59.2 Å². The van der Waals surface area contributed by atoms with Crippen molar-refractivity contribution >= 4 is 0 Å². The van der Waals surface area contributed by atoms with E-state index in [9.17, 15) is 0 Å². The molecule has 0 fully saturated rings. The van der Waals surface area contributed by atoms with E-state index in [0.29, 0.717) is 0 Å². The minimum absolute atomic E-state index is 0.971. The van der Waals surface area contributed by atoms with Gasteiger partial charge in [-0.25, -0.2) is 0 Å². The Hall–Kier alpha value is -1.70. The third kappa shape index (κ3) is 4.16. The summed E-state index contributed by atoms with van der Waals surface area (Å²) in [4.78, 5) is 8.81. The number of aryl methyl sites for hydroxylation is 2. The Morgan fingerprint density at radius 2 is 1.26 bits per heavy atom. The Kier molecular flexibility index (Phi) is 5.08. The van der Waals surface area contributed by atoms with Gasteiger partial charge in [0.15, 0.2) is 0 Å². The average molecular weight is 254 g/mol. The van der Waals surface area contributed by atoms with E-state index in [0.717, 1.165) is 32.1 Å². The van der Waals surface area contributed by atoms with Crippen molar-refractivity contribution in [3.63, 3.8) is 0 Å². The van der Waals surface area contributed by atoms with E-state index in [-0.39, 0.29) is 0 Å². The number of pyridine rings is 2. The van der Waals surface area contributed by atoms with Crippen LogP contribution in [0.4, 0.5) is 0 Å². The molecule has 0 aliphatic carbocycles. The number of rotatable bonds is 6. The van der Waals surface area contributed by atoms with E-state index < -0.39 is 0 Å². The lowest BCUT2D eigenvalue weighted by atomic mass is 10.0. The minimum atomic E-state index is 0.971. The fraction of sp³-hybridized carbons (Fsp3) is 0.412. The summed E-state index contributed by atoms with van der Waals surface area (Å²) in [5.41, 5.74) is 5.07. The Morgan fingerprint density at radius 1 is 0.789 bits per heavy atom. The quantitative estimate of drug-likeness (QED) is 0.779. The monoisotopic (exact) mass is 254 g/mol. The number of nitrogens with zero attached hydrogens (tertiary/aromatic N) is 2. The summed E-state index contributed by atoms with van der Waals surface area (Å²) in [6, 6.07) is 8.67. The van der Waals surface area contributed by atoms with Crippen LogP contribution in [0.3, 0.4) is 0 Å². The first-order valence-corrected chi connectivity index (χ1v) is 7.19. The molecule has 2 nitrogen and oxygen atoms in total. The molecule has 0 aliphatic rings. The van der Waals surface area contributed by atoms with Gasteiger partial charge < -0.3 is 0 Å². The van der Waals surface area contributed by atoms with E-state index in [1.54, 1.807) is 0 Å². The first-order chi connectivity index (χ1) is 9.31. The third-order valence-corrected chi connectivity index (χ3v) is 3.18. The van der Waals surface area contributed by atoms with Gasteiger partial charge in [-0.2, -0.15) is 0 Å². The van der Waals surface area contributed by atoms with Crippen molar-refractivity contribution in [1.82, 2.24) is 9.97 Å². The molecule has 0 radical (unpaired) electrons. The topological polar surface area (TPSA) is 25.8 Å². The van der Waals surface area contributed by atoms with Crippen molar-refractivity contribution < 1.29 is 0 Å². The predicted molar refractivity (Wildman–Crippen MR) is 79.3 cm³/mol.